The van der Waals surface area contributed by atoms with Gasteiger partial charge in [0.05, 0.1) is 0 Å². The number of nitrogens with zero attached hydrogens (tertiary/aromatic N) is 1. The first-order valence-corrected chi connectivity index (χ1v) is 9.20. The first-order chi connectivity index (χ1) is 13.1. The summed E-state index contributed by atoms with van der Waals surface area (Å²) in [5.74, 6) is 0.705. The molecule has 0 aliphatic carbocycles. The molecule has 0 atom stereocenters. The Morgan fingerprint density at radius 3 is 2.48 bits per heavy atom. The number of aryl methyl sites for hydroxylation is 1. The van der Waals surface area contributed by atoms with E-state index in [1.54, 1.807) is 11.0 Å². The van der Waals surface area contributed by atoms with Gasteiger partial charge in [0.15, 0.2) is 6.61 Å². The van der Waals surface area contributed by atoms with E-state index in [-0.39, 0.29) is 12.6 Å². The molecule has 6 nitrogen and oxygen atoms in total. The van der Waals surface area contributed by atoms with Crippen LogP contribution in [0.5, 0.6) is 5.75 Å². The van der Waals surface area contributed by atoms with Gasteiger partial charge in [-0.1, -0.05) is 42.5 Å². The zero-order chi connectivity index (χ0) is 19.1. The maximum Gasteiger partial charge on any atom is 0.336 e. The normalized spacial score (nSPS) is 14.5. The molecule has 1 aliphatic rings. The van der Waals surface area contributed by atoms with Crippen molar-refractivity contribution in [2.24, 2.45) is 0 Å². The minimum absolute atomic E-state index is 0.153. The van der Waals surface area contributed by atoms with Crippen LogP contribution in [0.15, 0.2) is 54.6 Å². The Balaban J connectivity index is 1.37. The molecule has 2 aromatic rings. The van der Waals surface area contributed by atoms with Crippen LogP contribution in [0.4, 0.5) is 4.79 Å². The van der Waals surface area contributed by atoms with Crippen LogP contribution in [0.2, 0.25) is 0 Å². The quantitative estimate of drug-likeness (QED) is 0.816. The molecule has 0 bridgehead atoms. The highest BCUT2D eigenvalue weighted by molar-refractivity contribution is 5.82. The number of nitrogens with one attached hydrogen (secondary N) is 2. The van der Waals surface area contributed by atoms with Crippen LogP contribution in [0.3, 0.4) is 0 Å². The molecule has 0 radical (unpaired) electrons. The summed E-state index contributed by atoms with van der Waals surface area (Å²) in [5.41, 5.74) is 7.24. The fraction of sp³-hybridized carbons (Fsp3) is 0.333. The van der Waals surface area contributed by atoms with Gasteiger partial charge in [0.25, 0.3) is 5.91 Å². The van der Waals surface area contributed by atoms with E-state index < -0.39 is 5.91 Å². The number of rotatable bonds is 4. The molecule has 6 heteroatoms. The van der Waals surface area contributed by atoms with E-state index in [1.165, 1.54) is 5.56 Å². The van der Waals surface area contributed by atoms with Crippen LogP contribution in [0.1, 0.15) is 29.9 Å². The molecule has 0 aromatic heterocycles. The van der Waals surface area contributed by atoms with Crippen molar-refractivity contribution in [3.63, 3.8) is 0 Å². The van der Waals surface area contributed by atoms with Gasteiger partial charge in [-0.3, -0.25) is 10.2 Å². The van der Waals surface area contributed by atoms with Gasteiger partial charge in [-0.05, 0) is 48.9 Å². The van der Waals surface area contributed by atoms with Crippen LogP contribution in [0, 0.1) is 6.92 Å². The van der Waals surface area contributed by atoms with Crippen molar-refractivity contribution in [1.82, 2.24) is 15.8 Å². The molecule has 2 aromatic carbocycles. The lowest BCUT2D eigenvalue weighted by molar-refractivity contribution is -0.123. The molecule has 3 amide bonds. The SMILES string of the molecule is Cc1cccc(OCC(=O)NNC(=O)N2CCC(c3ccccc3)CC2)c1. The monoisotopic (exact) mass is 367 g/mol. The van der Waals surface area contributed by atoms with E-state index >= 15 is 0 Å². The summed E-state index contributed by atoms with van der Waals surface area (Å²) in [5, 5.41) is 0. The minimum atomic E-state index is -0.399. The molecule has 1 saturated heterocycles. The Kier molecular flexibility index (Phi) is 6.30. The number of hydrazine groups is 1. The second kappa shape index (κ2) is 9.07. The van der Waals surface area contributed by atoms with Crippen molar-refractivity contribution < 1.29 is 14.3 Å². The first kappa shape index (κ1) is 18.8. The van der Waals surface area contributed by atoms with Gasteiger partial charge < -0.3 is 9.64 Å². The number of carbonyl (C=O) groups is 2. The smallest absolute Gasteiger partial charge is 0.336 e. The van der Waals surface area contributed by atoms with Crippen molar-refractivity contribution in [2.75, 3.05) is 19.7 Å². The Labute approximate surface area is 159 Å². The molecule has 142 valence electrons. The first-order valence-electron chi connectivity index (χ1n) is 9.20. The van der Waals surface area contributed by atoms with Gasteiger partial charge in [0.2, 0.25) is 0 Å². The lowest BCUT2D eigenvalue weighted by Gasteiger charge is -2.32. The number of likely N-dealkylation sites (tertiary alicyclic amines) is 1. The number of piperidine rings is 1. The molecule has 0 saturated carbocycles. The van der Waals surface area contributed by atoms with Crippen LogP contribution in [-0.2, 0) is 4.79 Å². The lowest BCUT2D eigenvalue weighted by Crippen LogP contribution is -2.51. The summed E-state index contributed by atoms with van der Waals surface area (Å²) in [6, 6.07) is 17.5. The fourth-order valence-corrected chi connectivity index (χ4v) is 3.23. The lowest BCUT2D eigenvalue weighted by atomic mass is 9.90. The molecular weight excluding hydrogens is 342 g/mol. The average molecular weight is 367 g/mol. The van der Waals surface area contributed by atoms with Crippen LogP contribution in [0.25, 0.3) is 0 Å². The number of amides is 3. The molecule has 1 aliphatic heterocycles. The standard InChI is InChI=1S/C21H25N3O3/c1-16-6-5-9-19(14-16)27-15-20(25)22-23-21(26)24-12-10-18(11-13-24)17-7-3-2-4-8-17/h2-9,14,18H,10-13,15H2,1H3,(H,22,25)(H,23,26). The Bertz CT molecular complexity index is 771. The summed E-state index contributed by atoms with van der Waals surface area (Å²) in [6.07, 6.45) is 1.84. The number of urea groups is 1. The largest absolute Gasteiger partial charge is 0.484 e. The predicted molar refractivity (Wildman–Crippen MR) is 103 cm³/mol. The third-order valence-electron chi connectivity index (χ3n) is 4.72. The maximum atomic E-state index is 12.2. The summed E-state index contributed by atoms with van der Waals surface area (Å²) in [4.78, 5) is 25.8. The van der Waals surface area contributed by atoms with E-state index in [1.807, 2.05) is 43.3 Å². The summed E-state index contributed by atoms with van der Waals surface area (Å²) < 4.78 is 5.41. The zero-order valence-corrected chi connectivity index (χ0v) is 15.5. The van der Waals surface area contributed by atoms with Gasteiger partial charge in [0.1, 0.15) is 5.75 Å². The minimum Gasteiger partial charge on any atom is -0.484 e. The number of ether oxygens (including phenoxy) is 1. The van der Waals surface area contributed by atoms with Crippen molar-refractivity contribution in [1.29, 1.82) is 0 Å². The molecular formula is C21H25N3O3. The second-order valence-electron chi connectivity index (χ2n) is 6.76. The van der Waals surface area contributed by atoms with Crippen molar-refractivity contribution >= 4 is 11.9 Å². The molecule has 27 heavy (non-hydrogen) atoms. The van der Waals surface area contributed by atoms with Crippen LogP contribution >= 0.6 is 0 Å². The highest BCUT2D eigenvalue weighted by Gasteiger charge is 2.23. The molecule has 1 heterocycles. The molecule has 1 fully saturated rings. The number of hydrogen-bond acceptors (Lipinski definition) is 3. The zero-order valence-electron chi connectivity index (χ0n) is 15.5. The topological polar surface area (TPSA) is 70.7 Å². The Hall–Kier alpha value is -3.02. The van der Waals surface area contributed by atoms with Gasteiger partial charge in [-0.2, -0.15) is 0 Å². The van der Waals surface area contributed by atoms with E-state index in [9.17, 15) is 9.59 Å². The summed E-state index contributed by atoms with van der Waals surface area (Å²) >= 11 is 0. The maximum absolute atomic E-state index is 12.2. The number of benzene rings is 2. The fourth-order valence-electron chi connectivity index (χ4n) is 3.23. The van der Waals surface area contributed by atoms with Crippen LogP contribution in [-0.4, -0.2) is 36.5 Å². The number of hydrogen-bond donors (Lipinski definition) is 2. The third kappa shape index (κ3) is 5.48. The Morgan fingerprint density at radius 1 is 1.04 bits per heavy atom. The second-order valence-corrected chi connectivity index (χ2v) is 6.76. The highest BCUT2D eigenvalue weighted by atomic mass is 16.5. The Morgan fingerprint density at radius 2 is 1.78 bits per heavy atom. The van der Waals surface area contributed by atoms with Crippen LogP contribution < -0.4 is 15.6 Å². The van der Waals surface area contributed by atoms with Gasteiger partial charge in [-0.25, -0.2) is 10.2 Å². The molecule has 0 unspecified atom stereocenters. The van der Waals surface area contributed by atoms with Crippen molar-refractivity contribution in [3.8, 4) is 5.75 Å². The van der Waals surface area contributed by atoms with E-state index in [2.05, 4.69) is 23.0 Å². The summed E-state index contributed by atoms with van der Waals surface area (Å²) in [6.45, 7) is 3.13. The van der Waals surface area contributed by atoms with E-state index in [0.29, 0.717) is 24.8 Å². The van der Waals surface area contributed by atoms with Gasteiger partial charge >= 0.3 is 6.03 Å². The van der Waals surface area contributed by atoms with E-state index in [4.69, 9.17) is 4.74 Å². The molecule has 2 N–H and O–H groups in total. The summed E-state index contributed by atoms with van der Waals surface area (Å²) in [7, 11) is 0. The third-order valence-corrected chi connectivity index (χ3v) is 4.72. The van der Waals surface area contributed by atoms with Gasteiger partial charge in [0, 0.05) is 13.1 Å². The van der Waals surface area contributed by atoms with Gasteiger partial charge in [-0.15, -0.1) is 0 Å². The predicted octanol–water partition coefficient (Wildman–Crippen LogP) is 2.99. The van der Waals surface area contributed by atoms with Crippen molar-refractivity contribution in [2.45, 2.75) is 25.7 Å². The van der Waals surface area contributed by atoms with Crippen molar-refractivity contribution in [3.05, 3.63) is 65.7 Å². The molecule has 0 spiro atoms. The molecule has 3 rings (SSSR count). The number of carbonyl (C=O) groups excluding carboxylic acids is 2. The highest BCUT2D eigenvalue weighted by Crippen LogP contribution is 2.27. The van der Waals surface area contributed by atoms with E-state index in [0.717, 1.165) is 18.4 Å². The average Bonchev–Trinajstić information content (AvgIpc) is 2.71.